The van der Waals surface area contributed by atoms with Crippen LogP contribution in [0.1, 0.15) is 31.0 Å². The Hall–Kier alpha value is -4.13. The number of ketones is 1. The number of benzene rings is 2. The summed E-state index contributed by atoms with van der Waals surface area (Å²) in [6.45, 7) is 3.79. The number of ether oxygens (including phenoxy) is 2. The number of rotatable bonds is 6. The SMILES string of the molecule is COc1cccc(N2C(=O)C(=O)/C(=C(/O)c3cccc(OC(C)C)c3)C2c2cccnc2)c1. The zero-order chi connectivity index (χ0) is 23.5. The van der Waals surface area contributed by atoms with Crippen molar-refractivity contribution in [2.24, 2.45) is 0 Å². The van der Waals surface area contributed by atoms with Crippen molar-refractivity contribution in [1.82, 2.24) is 4.98 Å². The van der Waals surface area contributed by atoms with E-state index < -0.39 is 17.7 Å². The first-order valence-corrected chi connectivity index (χ1v) is 10.5. The van der Waals surface area contributed by atoms with E-state index in [1.165, 1.54) is 12.0 Å². The van der Waals surface area contributed by atoms with Gasteiger partial charge in [0, 0.05) is 29.7 Å². The molecule has 1 saturated heterocycles. The van der Waals surface area contributed by atoms with Crippen molar-refractivity contribution in [3.05, 3.63) is 89.8 Å². The molecule has 1 fully saturated rings. The molecule has 1 amide bonds. The molecule has 33 heavy (non-hydrogen) atoms. The highest BCUT2D eigenvalue weighted by Crippen LogP contribution is 2.42. The van der Waals surface area contributed by atoms with Crippen LogP contribution >= 0.6 is 0 Å². The first-order chi connectivity index (χ1) is 15.9. The minimum absolute atomic E-state index is 0.0162. The van der Waals surface area contributed by atoms with E-state index in [-0.39, 0.29) is 17.4 Å². The number of carbonyl (C=O) groups excluding carboxylic acids is 2. The van der Waals surface area contributed by atoms with Gasteiger partial charge >= 0.3 is 0 Å². The molecule has 2 heterocycles. The fourth-order valence-electron chi connectivity index (χ4n) is 3.86. The predicted octanol–water partition coefficient (Wildman–Crippen LogP) is 4.50. The third-order valence-corrected chi connectivity index (χ3v) is 5.26. The highest BCUT2D eigenvalue weighted by Gasteiger charge is 2.47. The Morgan fingerprint density at radius 3 is 2.48 bits per heavy atom. The number of aromatic nitrogens is 1. The molecular formula is C26H24N2O5. The van der Waals surface area contributed by atoms with Crippen molar-refractivity contribution in [1.29, 1.82) is 0 Å². The maximum absolute atomic E-state index is 13.2. The standard InChI is InChI=1S/C26H24N2O5/c1-16(2)33-21-11-4-7-17(13-21)24(29)22-23(18-8-6-12-27-15-18)28(26(31)25(22)30)19-9-5-10-20(14-19)32-3/h4-16,23,29H,1-3H3/b24-22+. The topological polar surface area (TPSA) is 89.0 Å². The summed E-state index contributed by atoms with van der Waals surface area (Å²) in [6, 6.07) is 16.3. The molecule has 1 atom stereocenters. The quantitative estimate of drug-likeness (QED) is 0.342. The molecule has 7 heteroatoms. The Balaban J connectivity index is 1.89. The predicted molar refractivity (Wildman–Crippen MR) is 124 cm³/mol. The third kappa shape index (κ3) is 4.30. The van der Waals surface area contributed by atoms with Crippen LogP contribution in [0.5, 0.6) is 11.5 Å². The summed E-state index contributed by atoms with van der Waals surface area (Å²) >= 11 is 0. The van der Waals surface area contributed by atoms with E-state index in [1.54, 1.807) is 73.1 Å². The average molecular weight is 444 g/mol. The monoisotopic (exact) mass is 444 g/mol. The zero-order valence-corrected chi connectivity index (χ0v) is 18.6. The fourth-order valence-corrected chi connectivity index (χ4v) is 3.86. The molecular weight excluding hydrogens is 420 g/mol. The second kappa shape index (κ2) is 9.16. The van der Waals surface area contributed by atoms with Crippen molar-refractivity contribution in [2.75, 3.05) is 12.0 Å². The molecule has 4 rings (SSSR count). The smallest absolute Gasteiger partial charge is 0.300 e. The highest BCUT2D eigenvalue weighted by molar-refractivity contribution is 6.51. The molecule has 0 aliphatic carbocycles. The van der Waals surface area contributed by atoms with Crippen molar-refractivity contribution >= 4 is 23.1 Å². The molecule has 3 aromatic rings. The summed E-state index contributed by atoms with van der Waals surface area (Å²) in [5.74, 6) is -0.707. The summed E-state index contributed by atoms with van der Waals surface area (Å²) in [5.41, 5.74) is 1.43. The number of hydrogen-bond acceptors (Lipinski definition) is 6. The van der Waals surface area contributed by atoms with Gasteiger partial charge in [-0.05, 0) is 49.7 Å². The van der Waals surface area contributed by atoms with Crippen LogP contribution in [0.25, 0.3) is 5.76 Å². The van der Waals surface area contributed by atoms with Gasteiger partial charge in [-0.25, -0.2) is 0 Å². The minimum Gasteiger partial charge on any atom is -0.507 e. The summed E-state index contributed by atoms with van der Waals surface area (Å²) in [7, 11) is 1.53. The fraction of sp³-hybridized carbons (Fsp3) is 0.192. The van der Waals surface area contributed by atoms with Crippen LogP contribution in [0.15, 0.2) is 78.6 Å². The van der Waals surface area contributed by atoms with Crippen LogP contribution in [0.2, 0.25) is 0 Å². The number of amides is 1. The van der Waals surface area contributed by atoms with Gasteiger partial charge in [0.1, 0.15) is 17.3 Å². The van der Waals surface area contributed by atoms with Crippen LogP contribution in [0.3, 0.4) is 0 Å². The number of carbonyl (C=O) groups is 2. The number of aliphatic hydroxyl groups excluding tert-OH is 1. The minimum atomic E-state index is -0.861. The molecule has 0 bridgehead atoms. The lowest BCUT2D eigenvalue weighted by Crippen LogP contribution is -2.29. The lowest BCUT2D eigenvalue weighted by molar-refractivity contribution is -0.132. The average Bonchev–Trinajstić information content (AvgIpc) is 3.09. The number of aliphatic hydroxyl groups is 1. The number of anilines is 1. The van der Waals surface area contributed by atoms with Crippen LogP contribution in [-0.4, -0.2) is 35.0 Å². The van der Waals surface area contributed by atoms with Crippen molar-refractivity contribution < 1.29 is 24.2 Å². The maximum atomic E-state index is 13.2. The van der Waals surface area contributed by atoms with Gasteiger partial charge in [0.2, 0.25) is 0 Å². The molecule has 0 radical (unpaired) electrons. The van der Waals surface area contributed by atoms with Crippen LogP contribution in [-0.2, 0) is 9.59 Å². The Bertz CT molecular complexity index is 1220. The first kappa shape index (κ1) is 22.1. The van der Waals surface area contributed by atoms with Gasteiger partial charge in [-0.2, -0.15) is 0 Å². The number of Topliss-reactive ketones (excluding diaryl/α,β-unsaturated/α-hetero) is 1. The molecule has 2 aromatic carbocycles. The van der Waals surface area contributed by atoms with Crippen LogP contribution in [0, 0.1) is 0 Å². The maximum Gasteiger partial charge on any atom is 0.300 e. The summed E-state index contributed by atoms with van der Waals surface area (Å²) in [6.07, 6.45) is 3.12. The van der Waals surface area contributed by atoms with Gasteiger partial charge in [-0.15, -0.1) is 0 Å². The summed E-state index contributed by atoms with van der Waals surface area (Å²) < 4.78 is 11.0. The molecule has 1 aliphatic rings. The highest BCUT2D eigenvalue weighted by atomic mass is 16.5. The van der Waals surface area contributed by atoms with Gasteiger partial charge in [0.05, 0.1) is 24.8 Å². The van der Waals surface area contributed by atoms with E-state index >= 15 is 0 Å². The molecule has 168 valence electrons. The van der Waals surface area contributed by atoms with Gasteiger partial charge in [0.25, 0.3) is 11.7 Å². The van der Waals surface area contributed by atoms with E-state index in [9.17, 15) is 14.7 Å². The molecule has 1 N–H and O–H groups in total. The van der Waals surface area contributed by atoms with Crippen molar-refractivity contribution in [3.8, 4) is 11.5 Å². The number of hydrogen-bond donors (Lipinski definition) is 1. The normalized spacial score (nSPS) is 17.5. The molecule has 7 nitrogen and oxygen atoms in total. The van der Waals surface area contributed by atoms with Gasteiger partial charge in [0.15, 0.2) is 0 Å². The van der Waals surface area contributed by atoms with E-state index in [0.29, 0.717) is 28.3 Å². The Kier molecular flexibility index (Phi) is 6.13. The molecule has 1 aromatic heterocycles. The Labute approximate surface area is 191 Å². The Morgan fingerprint density at radius 1 is 1.03 bits per heavy atom. The largest absolute Gasteiger partial charge is 0.507 e. The number of nitrogens with zero attached hydrogens (tertiary/aromatic N) is 2. The van der Waals surface area contributed by atoms with E-state index in [2.05, 4.69) is 4.98 Å². The Morgan fingerprint density at radius 2 is 1.79 bits per heavy atom. The van der Waals surface area contributed by atoms with E-state index in [4.69, 9.17) is 9.47 Å². The molecule has 1 aliphatic heterocycles. The molecule has 0 spiro atoms. The van der Waals surface area contributed by atoms with Gasteiger partial charge in [-0.3, -0.25) is 19.5 Å². The zero-order valence-electron chi connectivity index (χ0n) is 18.6. The lowest BCUT2D eigenvalue weighted by atomic mass is 9.96. The first-order valence-electron chi connectivity index (χ1n) is 10.5. The van der Waals surface area contributed by atoms with E-state index in [1.807, 2.05) is 13.8 Å². The lowest BCUT2D eigenvalue weighted by Gasteiger charge is -2.25. The van der Waals surface area contributed by atoms with Crippen LogP contribution in [0.4, 0.5) is 5.69 Å². The van der Waals surface area contributed by atoms with E-state index in [0.717, 1.165) is 0 Å². The third-order valence-electron chi connectivity index (χ3n) is 5.26. The van der Waals surface area contributed by atoms with Crippen LogP contribution < -0.4 is 14.4 Å². The van der Waals surface area contributed by atoms with Crippen molar-refractivity contribution in [3.63, 3.8) is 0 Å². The summed E-state index contributed by atoms with van der Waals surface area (Å²) in [4.78, 5) is 31.9. The van der Waals surface area contributed by atoms with Crippen molar-refractivity contribution in [2.45, 2.75) is 26.0 Å². The second-order valence-electron chi connectivity index (χ2n) is 7.85. The number of methoxy groups -OCH3 is 1. The summed E-state index contributed by atoms with van der Waals surface area (Å²) in [5, 5.41) is 11.2. The molecule has 1 unspecified atom stereocenters. The second-order valence-corrected chi connectivity index (χ2v) is 7.85. The van der Waals surface area contributed by atoms with Gasteiger partial charge < -0.3 is 14.6 Å². The molecule has 0 saturated carbocycles. The number of pyridine rings is 1. The van der Waals surface area contributed by atoms with Gasteiger partial charge in [-0.1, -0.05) is 24.3 Å².